The average molecular weight is 345 g/mol. The molecular formula is C21H44O3. The molecule has 0 unspecified atom stereocenters. The summed E-state index contributed by atoms with van der Waals surface area (Å²) in [5.41, 5.74) is 0. The van der Waals surface area contributed by atoms with Crippen LogP contribution in [-0.2, 0) is 14.2 Å². The highest BCUT2D eigenvalue weighted by atomic mass is 16.7. The van der Waals surface area contributed by atoms with E-state index in [-0.39, 0.29) is 6.29 Å². The topological polar surface area (TPSA) is 27.7 Å². The number of rotatable bonds is 20. The highest BCUT2D eigenvalue weighted by Crippen LogP contribution is 2.13. The third-order valence-corrected chi connectivity index (χ3v) is 4.67. The lowest BCUT2D eigenvalue weighted by Crippen LogP contribution is -2.20. The van der Waals surface area contributed by atoms with Gasteiger partial charge in [-0.1, -0.05) is 96.8 Å². The normalized spacial score (nSPS) is 11.5. The first-order chi connectivity index (χ1) is 11.8. The number of methoxy groups -OCH3 is 2. The fourth-order valence-electron chi connectivity index (χ4n) is 2.99. The molecule has 0 spiro atoms. The molecular weight excluding hydrogens is 300 g/mol. The lowest BCUT2D eigenvalue weighted by molar-refractivity contribution is -0.140. The van der Waals surface area contributed by atoms with E-state index in [0.717, 1.165) is 13.0 Å². The van der Waals surface area contributed by atoms with E-state index >= 15 is 0 Å². The molecule has 24 heavy (non-hydrogen) atoms. The smallest absolute Gasteiger partial charge is 0.180 e. The van der Waals surface area contributed by atoms with Crippen molar-refractivity contribution in [2.24, 2.45) is 0 Å². The van der Waals surface area contributed by atoms with Crippen LogP contribution in [0.4, 0.5) is 0 Å². The highest BCUT2D eigenvalue weighted by molar-refractivity contribution is 4.49. The van der Waals surface area contributed by atoms with Crippen LogP contribution in [0.1, 0.15) is 103 Å². The molecule has 0 N–H and O–H groups in total. The SMILES string of the molecule is CCCCCCCCCCCCCCCCCOCC(OC)OC. The third kappa shape index (κ3) is 18.2. The summed E-state index contributed by atoms with van der Waals surface area (Å²) in [6, 6.07) is 0. The first-order valence-electron chi connectivity index (χ1n) is 10.5. The van der Waals surface area contributed by atoms with Crippen molar-refractivity contribution in [3.05, 3.63) is 0 Å². The maximum Gasteiger partial charge on any atom is 0.180 e. The molecule has 3 heteroatoms. The second kappa shape index (κ2) is 20.9. The van der Waals surface area contributed by atoms with Crippen LogP contribution in [0, 0.1) is 0 Å². The summed E-state index contributed by atoms with van der Waals surface area (Å²) in [7, 11) is 3.29. The standard InChI is InChI=1S/C21H44O3/c1-4-5-6-7-8-9-10-11-12-13-14-15-16-17-18-19-24-20-21(22-2)23-3/h21H,4-20H2,1-3H3. The fraction of sp³-hybridized carbons (Fsp3) is 1.00. The lowest BCUT2D eigenvalue weighted by atomic mass is 10.0. The van der Waals surface area contributed by atoms with E-state index in [1.807, 2.05) is 0 Å². The van der Waals surface area contributed by atoms with Crippen LogP contribution in [-0.4, -0.2) is 33.7 Å². The lowest BCUT2D eigenvalue weighted by Gasteiger charge is -2.13. The van der Waals surface area contributed by atoms with Crippen molar-refractivity contribution >= 4 is 0 Å². The molecule has 0 rings (SSSR count). The maximum absolute atomic E-state index is 5.54. The molecule has 0 saturated carbocycles. The third-order valence-electron chi connectivity index (χ3n) is 4.67. The number of unbranched alkanes of at least 4 members (excludes halogenated alkanes) is 14. The van der Waals surface area contributed by atoms with Crippen LogP contribution in [0.15, 0.2) is 0 Å². The van der Waals surface area contributed by atoms with Gasteiger partial charge in [0.2, 0.25) is 0 Å². The van der Waals surface area contributed by atoms with E-state index in [4.69, 9.17) is 14.2 Å². The van der Waals surface area contributed by atoms with E-state index in [1.54, 1.807) is 14.2 Å². The van der Waals surface area contributed by atoms with Crippen LogP contribution < -0.4 is 0 Å². The molecule has 146 valence electrons. The second-order valence-electron chi connectivity index (χ2n) is 6.93. The minimum Gasteiger partial charge on any atom is -0.376 e. The molecule has 0 aromatic carbocycles. The zero-order valence-corrected chi connectivity index (χ0v) is 16.8. The summed E-state index contributed by atoms with van der Waals surface area (Å²) in [6.07, 6.45) is 20.7. The minimum absolute atomic E-state index is 0.221. The van der Waals surface area contributed by atoms with Crippen molar-refractivity contribution in [2.45, 2.75) is 110 Å². The van der Waals surface area contributed by atoms with Gasteiger partial charge in [0.25, 0.3) is 0 Å². The van der Waals surface area contributed by atoms with Gasteiger partial charge in [0.15, 0.2) is 6.29 Å². The molecule has 0 aliphatic carbocycles. The van der Waals surface area contributed by atoms with Gasteiger partial charge in [0.1, 0.15) is 0 Å². The summed E-state index contributed by atoms with van der Waals surface area (Å²) in [5.74, 6) is 0. The Morgan fingerprint density at radius 3 is 1.29 bits per heavy atom. The van der Waals surface area contributed by atoms with E-state index < -0.39 is 0 Å². The van der Waals surface area contributed by atoms with Gasteiger partial charge in [-0.15, -0.1) is 0 Å². The molecule has 0 bridgehead atoms. The first-order valence-corrected chi connectivity index (χ1v) is 10.5. The van der Waals surface area contributed by atoms with Gasteiger partial charge in [-0.05, 0) is 6.42 Å². The highest BCUT2D eigenvalue weighted by Gasteiger charge is 2.03. The van der Waals surface area contributed by atoms with E-state index in [1.165, 1.54) is 89.9 Å². The summed E-state index contributed by atoms with van der Waals surface area (Å²) in [4.78, 5) is 0. The van der Waals surface area contributed by atoms with Gasteiger partial charge in [-0.25, -0.2) is 0 Å². The second-order valence-corrected chi connectivity index (χ2v) is 6.93. The molecule has 0 radical (unpaired) electrons. The Morgan fingerprint density at radius 2 is 0.917 bits per heavy atom. The fourth-order valence-corrected chi connectivity index (χ4v) is 2.99. The van der Waals surface area contributed by atoms with Gasteiger partial charge in [-0.2, -0.15) is 0 Å². The summed E-state index contributed by atoms with van der Waals surface area (Å²) in [6.45, 7) is 3.64. The Hall–Kier alpha value is -0.120. The molecule has 0 aliphatic rings. The summed E-state index contributed by atoms with van der Waals surface area (Å²) < 4.78 is 15.7. The van der Waals surface area contributed by atoms with Gasteiger partial charge in [-0.3, -0.25) is 0 Å². The van der Waals surface area contributed by atoms with E-state index in [0.29, 0.717) is 6.61 Å². The molecule has 0 aliphatic heterocycles. The zero-order valence-electron chi connectivity index (χ0n) is 16.8. The molecule has 0 saturated heterocycles. The number of hydrogen-bond donors (Lipinski definition) is 0. The van der Waals surface area contributed by atoms with Crippen LogP contribution in [0.2, 0.25) is 0 Å². The van der Waals surface area contributed by atoms with Gasteiger partial charge in [0.05, 0.1) is 6.61 Å². The molecule has 0 amide bonds. The van der Waals surface area contributed by atoms with Gasteiger partial charge >= 0.3 is 0 Å². The van der Waals surface area contributed by atoms with Crippen molar-refractivity contribution in [3.63, 3.8) is 0 Å². The Bertz CT molecular complexity index is 217. The Balaban J connectivity index is 3.03. The maximum atomic E-state index is 5.54. The number of ether oxygens (including phenoxy) is 3. The Labute approximate surface area is 151 Å². The van der Waals surface area contributed by atoms with Crippen molar-refractivity contribution in [1.29, 1.82) is 0 Å². The largest absolute Gasteiger partial charge is 0.376 e. The Kier molecular flexibility index (Phi) is 20.8. The summed E-state index contributed by atoms with van der Waals surface area (Å²) in [5, 5.41) is 0. The predicted molar refractivity (Wildman–Crippen MR) is 104 cm³/mol. The van der Waals surface area contributed by atoms with Gasteiger partial charge < -0.3 is 14.2 Å². The van der Waals surface area contributed by atoms with Crippen molar-refractivity contribution in [2.75, 3.05) is 27.4 Å². The van der Waals surface area contributed by atoms with E-state index in [2.05, 4.69) is 6.92 Å². The molecule has 3 nitrogen and oxygen atoms in total. The summed E-state index contributed by atoms with van der Waals surface area (Å²) >= 11 is 0. The predicted octanol–water partition coefficient (Wildman–Crippen LogP) is 6.49. The van der Waals surface area contributed by atoms with E-state index in [9.17, 15) is 0 Å². The quantitative estimate of drug-likeness (QED) is 0.186. The average Bonchev–Trinajstić information content (AvgIpc) is 2.61. The molecule has 0 atom stereocenters. The Morgan fingerprint density at radius 1 is 0.542 bits per heavy atom. The van der Waals surface area contributed by atoms with Crippen molar-refractivity contribution in [3.8, 4) is 0 Å². The minimum atomic E-state index is -0.221. The van der Waals surface area contributed by atoms with Crippen molar-refractivity contribution in [1.82, 2.24) is 0 Å². The molecule has 0 aromatic rings. The molecule has 0 fully saturated rings. The van der Waals surface area contributed by atoms with Crippen LogP contribution >= 0.6 is 0 Å². The van der Waals surface area contributed by atoms with Crippen LogP contribution in [0.3, 0.4) is 0 Å². The first kappa shape index (κ1) is 23.9. The molecule has 0 aromatic heterocycles. The van der Waals surface area contributed by atoms with Crippen molar-refractivity contribution < 1.29 is 14.2 Å². The van der Waals surface area contributed by atoms with Crippen LogP contribution in [0.25, 0.3) is 0 Å². The number of hydrogen-bond acceptors (Lipinski definition) is 3. The van der Waals surface area contributed by atoms with Crippen LogP contribution in [0.5, 0.6) is 0 Å². The monoisotopic (exact) mass is 344 g/mol. The van der Waals surface area contributed by atoms with Gasteiger partial charge in [0, 0.05) is 20.8 Å². The zero-order chi connectivity index (χ0) is 17.7. The molecule has 0 heterocycles.